The van der Waals surface area contributed by atoms with Gasteiger partial charge in [0.05, 0.1) is 6.54 Å². The van der Waals surface area contributed by atoms with Gasteiger partial charge < -0.3 is 4.90 Å². The highest BCUT2D eigenvalue weighted by Gasteiger charge is 2.16. The highest BCUT2D eigenvalue weighted by atomic mass is 16.2. The lowest BCUT2D eigenvalue weighted by Crippen LogP contribution is -2.38. The van der Waals surface area contributed by atoms with E-state index in [1.807, 2.05) is 59.3 Å². The van der Waals surface area contributed by atoms with Crippen molar-refractivity contribution in [3.8, 4) is 0 Å². The zero-order chi connectivity index (χ0) is 16.5. The summed E-state index contributed by atoms with van der Waals surface area (Å²) < 4.78 is 0. The van der Waals surface area contributed by atoms with Crippen LogP contribution in [0.15, 0.2) is 73.3 Å². The fraction of sp³-hybridized carbons (Fsp3) is 0.250. The predicted octanol–water partition coefficient (Wildman–Crippen LogP) is 3.33. The van der Waals surface area contributed by atoms with Crippen LogP contribution in [0.2, 0.25) is 0 Å². The summed E-state index contributed by atoms with van der Waals surface area (Å²) in [5.41, 5.74) is 2.28. The molecule has 0 saturated carbocycles. The molecule has 3 heteroatoms. The Morgan fingerprint density at radius 1 is 0.957 bits per heavy atom. The summed E-state index contributed by atoms with van der Waals surface area (Å²) in [6, 6.07) is 20.2. The lowest BCUT2D eigenvalue weighted by atomic mass is 10.1. The lowest BCUT2D eigenvalue weighted by Gasteiger charge is -2.25. The van der Waals surface area contributed by atoms with E-state index in [0.29, 0.717) is 26.2 Å². The summed E-state index contributed by atoms with van der Waals surface area (Å²) in [6.45, 7) is 6.06. The largest absolute Gasteiger partial charge is 0.333 e. The van der Waals surface area contributed by atoms with Crippen LogP contribution in [-0.4, -0.2) is 35.8 Å². The molecule has 120 valence electrons. The second kappa shape index (κ2) is 8.91. The van der Waals surface area contributed by atoms with Gasteiger partial charge in [0.15, 0.2) is 0 Å². The molecular weight excluding hydrogens is 284 g/mol. The first-order valence-corrected chi connectivity index (χ1v) is 7.84. The van der Waals surface area contributed by atoms with Crippen LogP contribution in [0.5, 0.6) is 0 Å². The molecule has 0 bridgehead atoms. The Balaban J connectivity index is 2.10. The molecule has 0 radical (unpaired) electrons. The Morgan fingerprint density at radius 3 is 1.87 bits per heavy atom. The Kier molecular flexibility index (Phi) is 6.57. The molecule has 2 aromatic carbocycles. The van der Waals surface area contributed by atoms with Crippen molar-refractivity contribution in [2.45, 2.75) is 13.1 Å². The zero-order valence-corrected chi connectivity index (χ0v) is 13.7. The molecule has 3 nitrogen and oxygen atoms in total. The molecule has 0 saturated heterocycles. The van der Waals surface area contributed by atoms with Crippen LogP contribution in [0.1, 0.15) is 11.1 Å². The average Bonchev–Trinajstić information content (AvgIpc) is 2.56. The molecule has 0 aromatic heterocycles. The molecule has 0 fully saturated rings. The second-order valence-electron chi connectivity index (χ2n) is 5.71. The van der Waals surface area contributed by atoms with Crippen LogP contribution in [0.3, 0.4) is 0 Å². The van der Waals surface area contributed by atoms with Crippen molar-refractivity contribution in [1.29, 1.82) is 0 Å². The van der Waals surface area contributed by atoms with E-state index in [0.717, 1.165) is 11.1 Å². The van der Waals surface area contributed by atoms with Gasteiger partial charge in [-0.25, -0.2) is 0 Å². The standard InChI is InChI=1S/C20H24N2O/c1-3-14-21(2)17-20(23)22(15-18-10-6-4-7-11-18)16-19-12-8-5-9-13-19/h3-13H,1,14-17H2,2H3. The second-order valence-corrected chi connectivity index (χ2v) is 5.71. The van der Waals surface area contributed by atoms with E-state index in [-0.39, 0.29) is 5.91 Å². The van der Waals surface area contributed by atoms with Gasteiger partial charge in [-0.05, 0) is 18.2 Å². The minimum Gasteiger partial charge on any atom is -0.333 e. The first-order chi connectivity index (χ1) is 11.2. The molecule has 0 atom stereocenters. The van der Waals surface area contributed by atoms with E-state index in [1.54, 1.807) is 0 Å². The first-order valence-electron chi connectivity index (χ1n) is 7.84. The molecule has 0 aliphatic carbocycles. The Morgan fingerprint density at radius 2 is 1.43 bits per heavy atom. The number of likely N-dealkylation sites (N-methyl/N-ethyl adjacent to an activating group) is 1. The number of rotatable bonds is 8. The van der Waals surface area contributed by atoms with Gasteiger partial charge in [-0.15, -0.1) is 6.58 Å². The highest BCUT2D eigenvalue weighted by Crippen LogP contribution is 2.11. The lowest BCUT2D eigenvalue weighted by molar-refractivity contribution is -0.133. The fourth-order valence-electron chi connectivity index (χ4n) is 2.46. The number of hydrogen-bond acceptors (Lipinski definition) is 2. The third-order valence-electron chi connectivity index (χ3n) is 3.63. The normalized spacial score (nSPS) is 10.5. The van der Waals surface area contributed by atoms with Crippen molar-refractivity contribution >= 4 is 5.91 Å². The van der Waals surface area contributed by atoms with Gasteiger partial charge in [-0.3, -0.25) is 9.69 Å². The number of amides is 1. The summed E-state index contributed by atoms with van der Waals surface area (Å²) in [4.78, 5) is 16.6. The zero-order valence-electron chi connectivity index (χ0n) is 13.7. The van der Waals surface area contributed by atoms with Crippen LogP contribution in [-0.2, 0) is 17.9 Å². The first kappa shape index (κ1) is 17.0. The summed E-state index contributed by atoms with van der Waals surface area (Å²) >= 11 is 0. The molecule has 23 heavy (non-hydrogen) atoms. The number of benzene rings is 2. The summed E-state index contributed by atoms with van der Waals surface area (Å²) in [7, 11) is 1.93. The number of carbonyl (C=O) groups excluding carboxylic acids is 1. The van der Waals surface area contributed by atoms with Gasteiger partial charge in [-0.1, -0.05) is 66.7 Å². The average molecular weight is 308 g/mol. The summed E-state index contributed by atoms with van der Waals surface area (Å²) in [5, 5.41) is 0. The van der Waals surface area contributed by atoms with Gasteiger partial charge in [-0.2, -0.15) is 0 Å². The summed E-state index contributed by atoms with van der Waals surface area (Å²) in [5.74, 6) is 0.127. The van der Waals surface area contributed by atoms with Gasteiger partial charge in [0, 0.05) is 19.6 Å². The maximum atomic E-state index is 12.7. The third-order valence-corrected chi connectivity index (χ3v) is 3.63. The van der Waals surface area contributed by atoms with E-state index in [4.69, 9.17) is 0 Å². The Labute approximate surface area is 138 Å². The minimum atomic E-state index is 0.127. The monoisotopic (exact) mass is 308 g/mol. The molecule has 0 aliphatic heterocycles. The predicted molar refractivity (Wildman–Crippen MR) is 94.8 cm³/mol. The Bertz CT molecular complexity index is 569. The molecule has 0 aliphatic rings. The van der Waals surface area contributed by atoms with Crippen molar-refractivity contribution in [1.82, 2.24) is 9.80 Å². The fourth-order valence-corrected chi connectivity index (χ4v) is 2.46. The molecule has 2 rings (SSSR count). The molecule has 0 unspecified atom stereocenters. The third kappa shape index (κ3) is 5.72. The van der Waals surface area contributed by atoms with Gasteiger partial charge in [0.2, 0.25) is 5.91 Å². The van der Waals surface area contributed by atoms with Crippen LogP contribution in [0.25, 0.3) is 0 Å². The van der Waals surface area contributed by atoms with Crippen molar-refractivity contribution in [3.63, 3.8) is 0 Å². The van der Waals surface area contributed by atoms with Crippen LogP contribution >= 0.6 is 0 Å². The number of carbonyl (C=O) groups is 1. The quantitative estimate of drug-likeness (QED) is 0.698. The number of hydrogen-bond donors (Lipinski definition) is 0. The van der Waals surface area contributed by atoms with E-state index in [9.17, 15) is 4.79 Å². The number of nitrogens with zero attached hydrogens (tertiary/aromatic N) is 2. The Hall–Kier alpha value is -2.39. The molecule has 0 spiro atoms. The minimum absolute atomic E-state index is 0.127. The van der Waals surface area contributed by atoms with E-state index in [1.165, 1.54) is 0 Å². The van der Waals surface area contributed by atoms with Crippen molar-refractivity contribution in [3.05, 3.63) is 84.4 Å². The van der Waals surface area contributed by atoms with E-state index < -0.39 is 0 Å². The molecule has 1 amide bonds. The molecule has 2 aromatic rings. The van der Waals surface area contributed by atoms with Crippen molar-refractivity contribution in [2.75, 3.05) is 20.1 Å². The van der Waals surface area contributed by atoms with Crippen LogP contribution in [0.4, 0.5) is 0 Å². The maximum absolute atomic E-state index is 12.7. The van der Waals surface area contributed by atoms with Gasteiger partial charge >= 0.3 is 0 Å². The van der Waals surface area contributed by atoms with Crippen LogP contribution in [0, 0.1) is 0 Å². The summed E-state index contributed by atoms with van der Waals surface area (Å²) in [6.07, 6.45) is 1.81. The van der Waals surface area contributed by atoms with Gasteiger partial charge in [0.1, 0.15) is 0 Å². The van der Waals surface area contributed by atoms with E-state index in [2.05, 4.69) is 30.8 Å². The van der Waals surface area contributed by atoms with Crippen molar-refractivity contribution < 1.29 is 4.79 Å². The molecule has 0 heterocycles. The highest BCUT2D eigenvalue weighted by molar-refractivity contribution is 5.78. The van der Waals surface area contributed by atoms with E-state index >= 15 is 0 Å². The SMILES string of the molecule is C=CCN(C)CC(=O)N(Cc1ccccc1)Cc1ccccc1. The van der Waals surface area contributed by atoms with Crippen LogP contribution < -0.4 is 0 Å². The topological polar surface area (TPSA) is 23.6 Å². The molecule has 0 N–H and O–H groups in total. The maximum Gasteiger partial charge on any atom is 0.237 e. The van der Waals surface area contributed by atoms with Crippen molar-refractivity contribution in [2.24, 2.45) is 0 Å². The smallest absolute Gasteiger partial charge is 0.237 e. The molecular formula is C20H24N2O. The van der Waals surface area contributed by atoms with Gasteiger partial charge in [0.25, 0.3) is 0 Å².